The molecule has 0 aromatic carbocycles. The lowest BCUT2D eigenvalue weighted by atomic mass is 10.3. The number of aromatic nitrogens is 3. The molecule has 2 heterocycles. The first-order valence-corrected chi connectivity index (χ1v) is 7.70. The van der Waals surface area contributed by atoms with Crippen LogP contribution >= 0.6 is 11.3 Å². The first kappa shape index (κ1) is 14.1. The summed E-state index contributed by atoms with van der Waals surface area (Å²) in [4.78, 5) is 10.4. The molecule has 0 saturated carbocycles. The Morgan fingerprint density at radius 2 is 2.21 bits per heavy atom. The summed E-state index contributed by atoms with van der Waals surface area (Å²) in [5.41, 5.74) is 1.05. The van der Waals surface area contributed by atoms with E-state index in [1.807, 2.05) is 13.1 Å². The molecule has 104 valence electrons. The summed E-state index contributed by atoms with van der Waals surface area (Å²) in [6, 6.07) is 0.197. The van der Waals surface area contributed by atoms with Gasteiger partial charge in [0.25, 0.3) is 0 Å². The Kier molecular flexibility index (Phi) is 4.58. The summed E-state index contributed by atoms with van der Waals surface area (Å²) < 4.78 is 2.18. The Labute approximate surface area is 118 Å². The van der Waals surface area contributed by atoms with Crippen LogP contribution in [0.3, 0.4) is 0 Å². The molecule has 0 radical (unpaired) electrons. The molecule has 0 amide bonds. The zero-order valence-electron chi connectivity index (χ0n) is 12.1. The lowest BCUT2D eigenvalue weighted by Crippen LogP contribution is -2.11. The van der Waals surface area contributed by atoms with Gasteiger partial charge in [0, 0.05) is 23.8 Å². The molecule has 5 heteroatoms. The van der Waals surface area contributed by atoms with Crippen LogP contribution in [0.15, 0.2) is 12.4 Å². The molecule has 1 N–H and O–H groups in total. The number of nitrogens with zero attached hydrogens (tertiary/aromatic N) is 3. The number of rotatable bonds is 6. The number of hydrogen-bond donors (Lipinski definition) is 1. The molecule has 2 rings (SSSR count). The SMILES string of the molecule is CCCn1cc(C)nc1NC(C)c1ncc(CC)s1. The van der Waals surface area contributed by atoms with E-state index in [-0.39, 0.29) is 6.04 Å². The maximum absolute atomic E-state index is 4.55. The van der Waals surface area contributed by atoms with Crippen LogP contribution in [0.4, 0.5) is 5.95 Å². The first-order chi connectivity index (χ1) is 9.13. The normalized spacial score (nSPS) is 12.6. The number of nitrogens with one attached hydrogen (secondary N) is 1. The van der Waals surface area contributed by atoms with Crippen molar-refractivity contribution in [2.45, 2.75) is 53.1 Å². The summed E-state index contributed by atoms with van der Waals surface area (Å²) in [6.45, 7) is 9.50. The van der Waals surface area contributed by atoms with Gasteiger partial charge >= 0.3 is 0 Å². The maximum Gasteiger partial charge on any atom is 0.203 e. The van der Waals surface area contributed by atoms with E-state index in [1.54, 1.807) is 11.3 Å². The molecule has 0 aliphatic rings. The smallest absolute Gasteiger partial charge is 0.203 e. The quantitative estimate of drug-likeness (QED) is 0.874. The van der Waals surface area contributed by atoms with Gasteiger partial charge in [0.1, 0.15) is 5.01 Å². The molecular formula is C14H22N4S. The van der Waals surface area contributed by atoms with E-state index in [4.69, 9.17) is 0 Å². The Balaban J connectivity index is 2.11. The maximum atomic E-state index is 4.55. The minimum absolute atomic E-state index is 0.197. The van der Waals surface area contributed by atoms with Gasteiger partial charge in [-0.05, 0) is 26.7 Å². The highest BCUT2D eigenvalue weighted by Gasteiger charge is 2.13. The third-order valence-electron chi connectivity index (χ3n) is 3.00. The Hall–Kier alpha value is -1.36. The average Bonchev–Trinajstić information content (AvgIpc) is 2.97. The Morgan fingerprint density at radius 3 is 2.84 bits per heavy atom. The molecule has 1 unspecified atom stereocenters. The van der Waals surface area contributed by atoms with Crippen molar-refractivity contribution in [3.8, 4) is 0 Å². The van der Waals surface area contributed by atoms with Crippen LogP contribution in [0.2, 0.25) is 0 Å². The lowest BCUT2D eigenvalue weighted by Gasteiger charge is -2.13. The fourth-order valence-electron chi connectivity index (χ4n) is 2.02. The van der Waals surface area contributed by atoms with Crippen LogP contribution in [0.5, 0.6) is 0 Å². The van der Waals surface area contributed by atoms with Crippen LogP contribution in [0, 0.1) is 6.92 Å². The third kappa shape index (κ3) is 3.35. The van der Waals surface area contributed by atoms with Crippen molar-refractivity contribution in [3.05, 3.63) is 28.0 Å². The molecule has 0 fully saturated rings. The van der Waals surface area contributed by atoms with Crippen molar-refractivity contribution in [1.29, 1.82) is 0 Å². The highest BCUT2D eigenvalue weighted by Crippen LogP contribution is 2.23. The number of thiazole rings is 1. The highest BCUT2D eigenvalue weighted by molar-refractivity contribution is 7.11. The van der Waals surface area contributed by atoms with Crippen LogP contribution in [0.1, 0.15) is 48.8 Å². The number of imidazole rings is 1. The van der Waals surface area contributed by atoms with Gasteiger partial charge in [0.2, 0.25) is 5.95 Å². The van der Waals surface area contributed by atoms with Gasteiger partial charge in [-0.3, -0.25) is 0 Å². The molecule has 0 saturated heterocycles. The third-order valence-corrected chi connectivity index (χ3v) is 4.32. The second-order valence-electron chi connectivity index (χ2n) is 4.78. The topological polar surface area (TPSA) is 42.7 Å². The molecule has 19 heavy (non-hydrogen) atoms. The minimum Gasteiger partial charge on any atom is -0.347 e. The lowest BCUT2D eigenvalue weighted by molar-refractivity contribution is 0.674. The molecular weight excluding hydrogens is 256 g/mol. The van der Waals surface area contributed by atoms with E-state index >= 15 is 0 Å². The fourth-order valence-corrected chi connectivity index (χ4v) is 2.87. The predicted molar refractivity (Wildman–Crippen MR) is 80.8 cm³/mol. The molecule has 0 bridgehead atoms. The molecule has 1 atom stereocenters. The van der Waals surface area contributed by atoms with Gasteiger partial charge in [0.15, 0.2) is 0 Å². The van der Waals surface area contributed by atoms with E-state index in [1.165, 1.54) is 4.88 Å². The van der Waals surface area contributed by atoms with E-state index in [0.717, 1.165) is 36.0 Å². The van der Waals surface area contributed by atoms with E-state index in [2.05, 4.69) is 46.8 Å². The summed E-state index contributed by atoms with van der Waals surface area (Å²) >= 11 is 1.78. The molecule has 0 aliphatic heterocycles. The standard InChI is InChI=1S/C14H22N4S/c1-5-7-18-9-10(3)16-14(18)17-11(4)13-15-8-12(6-2)19-13/h8-9,11H,5-7H2,1-4H3,(H,16,17). The van der Waals surface area contributed by atoms with Gasteiger partial charge < -0.3 is 9.88 Å². The van der Waals surface area contributed by atoms with Gasteiger partial charge in [-0.2, -0.15) is 0 Å². The van der Waals surface area contributed by atoms with E-state index < -0.39 is 0 Å². The minimum atomic E-state index is 0.197. The molecule has 2 aromatic heterocycles. The van der Waals surface area contributed by atoms with E-state index in [9.17, 15) is 0 Å². The van der Waals surface area contributed by atoms with Crippen LogP contribution in [-0.2, 0) is 13.0 Å². The van der Waals surface area contributed by atoms with Crippen molar-refractivity contribution in [2.75, 3.05) is 5.32 Å². The second kappa shape index (κ2) is 6.19. The first-order valence-electron chi connectivity index (χ1n) is 6.89. The number of hydrogen-bond acceptors (Lipinski definition) is 4. The summed E-state index contributed by atoms with van der Waals surface area (Å²) in [5.74, 6) is 0.945. The van der Waals surface area contributed by atoms with Crippen LogP contribution < -0.4 is 5.32 Å². The summed E-state index contributed by atoms with van der Waals surface area (Å²) in [7, 11) is 0. The van der Waals surface area contributed by atoms with Crippen molar-refractivity contribution < 1.29 is 0 Å². The zero-order valence-corrected chi connectivity index (χ0v) is 12.9. The van der Waals surface area contributed by atoms with Crippen molar-refractivity contribution in [1.82, 2.24) is 14.5 Å². The predicted octanol–water partition coefficient (Wildman–Crippen LogP) is 3.79. The summed E-state index contributed by atoms with van der Waals surface area (Å²) in [5, 5.41) is 4.60. The van der Waals surface area contributed by atoms with Crippen molar-refractivity contribution in [3.63, 3.8) is 0 Å². The second-order valence-corrected chi connectivity index (χ2v) is 5.93. The Bertz CT molecular complexity index is 529. The van der Waals surface area contributed by atoms with Gasteiger partial charge in [-0.1, -0.05) is 13.8 Å². The molecule has 4 nitrogen and oxygen atoms in total. The Morgan fingerprint density at radius 1 is 1.42 bits per heavy atom. The van der Waals surface area contributed by atoms with Gasteiger partial charge in [-0.25, -0.2) is 9.97 Å². The highest BCUT2D eigenvalue weighted by atomic mass is 32.1. The van der Waals surface area contributed by atoms with Crippen LogP contribution in [0.25, 0.3) is 0 Å². The number of aryl methyl sites for hydroxylation is 3. The van der Waals surface area contributed by atoms with Gasteiger partial charge in [-0.15, -0.1) is 11.3 Å². The van der Waals surface area contributed by atoms with Crippen molar-refractivity contribution in [2.24, 2.45) is 0 Å². The van der Waals surface area contributed by atoms with Gasteiger partial charge in [0.05, 0.1) is 11.7 Å². The largest absolute Gasteiger partial charge is 0.347 e. The summed E-state index contributed by atoms with van der Waals surface area (Å²) in [6.07, 6.45) is 6.23. The molecule has 0 spiro atoms. The molecule has 0 aliphatic carbocycles. The average molecular weight is 278 g/mol. The fraction of sp³-hybridized carbons (Fsp3) is 0.571. The van der Waals surface area contributed by atoms with Crippen molar-refractivity contribution >= 4 is 17.3 Å². The zero-order chi connectivity index (χ0) is 13.8. The monoisotopic (exact) mass is 278 g/mol. The van der Waals surface area contributed by atoms with Crippen LogP contribution in [-0.4, -0.2) is 14.5 Å². The molecule has 2 aromatic rings. The van der Waals surface area contributed by atoms with E-state index in [0.29, 0.717) is 0 Å². The number of anilines is 1.